The van der Waals surface area contributed by atoms with Crippen LogP contribution < -0.4 is 0 Å². The molecule has 2 amide bonds. The van der Waals surface area contributed by atoms with Gasteiger partial charge in [0, 0.05) is 23.0 Å². The van der Waals surface area contributed by atoms with Gasteiger partial charge in [0.25, 0.3) is 11.8 Å². The normalized spacial score (nSPS) is 25.0. The number of carbonyl (C=O) groups excluding carboxylic acids is 3. The molecule has 0 N–H and O–H groups in total. The van der Waals surface area contributed by atoms with Gasteiger partial charge in [0.15, 0.2) is 12.3 Å². The van der Waals surface area contributed by atoms with Crippen molar-refractivity contribution in [3.8, 4) is 0 Å². The van der Waals surface area contributed by atoms with Crippen LogP contribution in [0.25, 0.3) is 10.4 Å². The first kappa shape index (κ1) is 28.0. The largest absolute Gasteiger partial charge is 0.457 e. The Bertz CT molecular complexity index is 1250. The van der Waals surface area contributed by atoms with Crippen LogP contribution in [-0.2, 0) is 46.5 Å². The monoisotopic (exact) mass is 534 g/mol. The van der Waals surface area contributed by atoms with Crippen LogP contribution in [-0.4, -0.2) is 59.9 Å². The number of esters is 1. The van der Waals surface area contributed by atoms with E-state index in [2.05, 4.69) is 10.0 Å². The summed E-state index contributed by atoms with van der Waals surface area (Å²) in [5.41, 5.74) is 11.6. The molecule has 2 aliphatic rings. The molecular weight excluding hydrogens is 504 g/mol. The van der Waals surface area contributed by atoms with Crippen LogP contribution in [0.15, 0.2) is 76.9 Å². The molecule has 2 aromatic carbocycles. The van der Waals surface area contributed by atoms with Crippen LogP contribution in [0.1, 0.15) is 31.9 Å². The molecule has 0 bridgehead atoms. The summed E-state index contributed by atoms with van der Waals surface area (Å²) in [6.07, 6.45) is -4.41. The van der Waals surface area contributed by atoms with Crippen LogP contribution in [0, 0.1) is 0 Å². The summed E-state index contributed by atoms with van der Waals surface area (Å²) in [7, 11) is 0. The lowest BCUT2D eigenvalue weighted by atomic mass is 9.94. The molecule has 0 aromatic heterocycles. The molecule has 0 unspecified atom stereocenters. The van der Waals surface area contributed by atoms with Crippen molar-refractivity contribution in [1.82, 2.24) is 4.90 Å². The number of benzene rings is 2. The Kier molecular flexibility index (Phi) is 9.11. The lowest BCUT2D eigenvalue weighted by Crippen LogP contribution is -2.66. The molecule has 204 valence electrons. The van der Waals surface area contributed by atoms with Gasteiger partial charge in [-0.05, 0) is 30.5 Å². The molecule has 1 saturated heterocycles. The second-order valence-corrected chi connectivity index (χ2v) is 9.33. The first-order valence-corrected chi connectivity index (χ1v) is 12.5. The molecule has 0 radical (unpaired) electrons. The molecule has 2 heterocycles. The number of carbonyl (C=O) groups is 3. The molecule has 39 heavy (non-hydrogen) atoms. The lowest BCUT2D eigenvalue weighted by molar-refractivity contribution is -0.238. The van der Waals surface area contributed by atoms with Gasteiger partial charge in [-0.2, -0.15) is 0 Å². The number of nitrogens with zero attached hydrogens (tertiary/aromatic N) is 4. The van der Waals surface area contributed by atoms with E-state index < -0.39 is 48.4 Å². The summed E-state index contributed by atoms with van der Waals surface area (Å²) >= 11 is 0. The number of hydrogen-bond acceptors (Lipinski definition) is 8. The van der Waals surface area contributed by atoms with E-state index in [-0.39, 0.29) is 31.0 Å². The summed E-state index contributed by atoms with van der Waals surface area (Å²) < 4.78 is 23.9. The smallest absolute Gasteiger partial charge is 0.303 e. The Morgan fingerprint density at radius 2 is 1.51 bits per heavy atom. The molecular formula is C28H30N4O7. The fourth-order valence-electron chi connectivity index (χ4n) is 4.67. The minimum Gasteiger partial charge on any atom is -0.457 e. The number of hydrogen-bond donors (Lipinski definition) is 0. The van der Waals surface area contributed by atoms with Crippen molar-refractivity contribution in [1.29, 1.82) is 0 Å². The first-order valence-electron chi connectivity index (χ1n) is 12.5. The predicted octanol–water partition coefficient (Wildman–Crippen LogP) is 3.83. The minimum absolute atomic E-state index is 0.0413. The Morgan fingerprint density at radius 1 is 0.949 bits per heavy atom. The van der Waals surface area contributed by atoms with E-state index >= 15 is 0 Å². The SMILES string of the molecule is CC(=O)O[C@H]1[C@H](OCc2ccccc2)[C@@H](N2C(=O)C(C)=C(C)C2=O)[C@H](N=[N+]=[N-])O[C@@H]1COCc1ccccc1. The Balaban J connectivity index is 1.69. The second-order valence-electron chi connectivity index (χ2n) is 9.33. The number of amides is 2. The third-order valence-corrected chi connectivity index (χ3v) is 6.72. The predicted molar refractivity (Wildman–Crippen MR) is 138 cm³/mol. The topological polar surface area (TPSA) is 140 Å². The van der Waals surface area contributed by atoms with Crippen LogP contribution in [0.3, 0.4) is 0 Å². The van der Waals surface area contributed by atoms with Crippen LogP contribution in [0.2, 0.25) is 0 Å². The fraction of sp³-hybridized carbons (Fsp3) is 0.393. The summed E-state index contributed by atoms with van der Waals surface area (Å²) in [4.78, 5) is 42.5. The van der Waals surface area contributed by atoms with E-state index in [1.807, 2.05) is 60.7 Å². The van der Waals surface area contributed by atoms with Crippen molar-refractivity contribution < 1.29 is 33.3 Å². The maximum absolute atomic E-state index is 13.2. The molecule has 2 aliphatic heterocycles. The highest BCUT2D eigenvalue weighted by atomic mass is 16.6. The lowest BCUT2D eigenvalue weighted by Gasteiger charge is -2.47. The minimum atomic E-state index is -1.32. The van der Waals surface area contributed by atoms with Crippen LogP contribution >= 0.6 is 0 Å². The molecule has 2 aromatic rings. The van der Waals surface area contributed by atoms with Crippen molar-refractivity contribution in [3.63, 3.8) is 0 Å². The van der Waals surface area contributed by atoms with E-state index in [0.29, 0.717) is 0 Å². The van der Waals surface area contributed by atoms with Crippen molar-refractivity contribution in [3.05, 3.63) is 93.4 Å². The number of ether oxygens (including phenoxy) is 4. The maximum atomic E-state index is 13.2. The zero-order valence-electron chi connectivity index (χ0n) is 21.9. The summed E-state index contributed by atoms with van der Waals surface area (Å²) in [5.74, 6) is -1.73. The van der Waals surface area contributed by atoms with Gasteiger partial charge < -0.3 is 18.9 Å². The van der Waals surface area contributed by atoms with E-state index in [9.17, 15) is 19.9 Å². The number of rotatable bonds is 10. The molecule has 0 saturated carbocycles. The fourth-order valence-corrected chi connectivity index (χ4v) is 4.67. The van der Waals surface area contributed by atoms with Crippen LogP contribution in [0.5, 0.6) is 0 Å². The summed E-state index contributed by atoms with van der Waals surface area (Å²) in [6, 6.07) is 17.5. The van der Waals surface area contributed by atoms with Crippen molar-refractivity contribution >= 4 is 17.8 Å². The molecule has 4 rings (SSSR count). The van der Waals surface area contributed by atoms with Crippen molar-refractivity contribution in [2.45, 2.75) is 64.6 Å². The van der Waals surface area contributed by atoms with E-state index in [1.54, 1.807) is 13.8 Å². The highest BCUT2D eigenvalue weighted by Crippen LogP contribution is 2.35. The first-order chi connectivity index (χ1) is 18.8. The Morgan fingerprint density at radius 3 is 2.05 bits per heavy atom. The molecule has 11 nitrogen and oxygen atoms in total. The van der Waals surface area contributed by atoms with Crippen LogP contribution in [0.4, 0.5) is 0 Å². The Hall–Kier alpha value is -4.02. The zero-order valence-corrected chi connectivity index (χ0v) is 21.9. The molecule has 5 atom stereocenters. The van der Waals surface area contributed by atoms with Gasteiger partial charge in [0.05, 0.1) is 19.8 Å². The molecule has 0 aliphatic carbocycles. The summed E-state index contributed by atoms with van der Waals surface area (Å²) in [6.45, 7) is 4.62. The number of azide groups is 1. The van der Waals surface area contributed by atoms with Crippen molar-refractivity contribution in [2.24, 2.45) is 5.11 Å². The van der Waals surface area contributed by atoms with E-state index in [4.69, 9.17) is 18.9 Å². The van der Waals surface area contributed by atoms with E-state index in [1.165, 1.54) is 6.92 Å². The maximum Gasteiger partial charge on any atom is 0.303 e. The van der Waals surface area contributed by atoms with Crippen molar-refractivity contribution in [2.75, 3.05) is 6.61 Å². The van der Waals surface area contributed by atoms with Gasteiger partial charge >= 0.3 is 5.97 Å². The average molecular weight is 535 g/mol. The quantitative estimate of drug-likeness (QED) is 0.148. The van der Waals surface area contributed by atoms with E-state index in [0.717, 1.165) is 16.0 Å². The standard InChI is InChI=1S/C28H30N4O7/c1-17-18(2)28(35)32(27(17)34)23-25(37-15-21-12-8-5-9-13-21)24(38-19(3)33)22(39-26(23)30-31-29)16-36-14-20-10-6-4-7-11-20/h4-13,22-26H,14-16H2,1-3H3/t22-,23-,24-,25-,26-/m1/s1. The Labute approximate surface area is 225 Å². The molecule has 1 fully saturated rings. The molecule has 0 spiro atoms. The second kappa shape index (κ2) is 12.7. The van der Waals surface area contributed by atoms with Gasteiger partial charge in [-0.15, -0.1) is 0 Å². The van der Waals surface area contributed by atoms with Gasteiger partial charge in [0.2, 0.25) is 0 Å². The third kappa shape index (κ3) is 6.35. The van der Waals surface area contributed by atoms with Gasteiger partial charge in [-0.1, -0.05) is 65.8 Å². The highest BCUT2D eigenvalue weighted by Gasteiger charge is 2.55. The van der Waals surface area contributed by atoms with Gasteiger partial charge in [-0.3, -0.25) is 19.3 Å². The number of imide groups is 1. The zero-order chi connectivity index (χ0) is 27.9. The molecule has 11 heteroatoms. The third-order valence-electron chi connectivity index (χ3n) is 6.72. The van der Waals surface area contributed by atoms with Gasteiger partial charge in [0.1, 0.15) is 18.2 Å². The summed E-state index contributed by atoms with van der Waals surface area (Å²) in [5, 5.41) is 3.78. The average Bonchev–Trinajstić information content (AvgIpc) is 3.12. The highest BCUT2D eigenvalue weighted by molar-refractivity contribution is 6.19. The van der Waals surface area contributed by atoms with Gasteiger partial charge in [-0.25, -0.2) is 0 Å².